The molecule has 1 N–H and O–H groups in total. The number of benzene rings is 2. The third-order valence-electron chi connectivity index (χ3n) is 3.73. The molecule has 0 fully saturated rings. The molecule has 0 amide bonds. The first-order valence-electron chi connectivity index (χ1n) is 6.90. The van der Waals surface area contributed by atoms with Gasteiger partial charge in [-0.1, -0.05) is 34.1 Å². The second-order valence-corrected chi connectivity index (χ2v) is 6.11. The highest BCUT2D eigenvalue weighted by Crippen LogP contribution is 2.26. The van der Waals surface area contributed by atoms with Crippen LogP contribution in [0.3, 0.4) is 0 Å². The molecule has 1 aliphatic carbocycles. The molecule has 0 spiro atoms. The molecule has 2 aromatic carbocycles. The number of fused-ring (bicyclic) bond motifs is 1. The molecule has 4 heteroatoms. The van der Waals surface area contributed by atoms with Crippen LogP contribution in [0.4, 0.5) is 0 Å². The number of hydrogen-bond donors (Lipinski definition) is 1. The molecule has 3 nitrogen and oxygen atoms in total. The first-order valence-corrected chi connectivity index (χ1v) is 7.69. The third kappa shape index (κ3) is 3.10. The molecule has 0 unspecified atom stereocenters. The Balaban J connectivity index is 1.78. The first kappa shape index (κ1) is 14.1. The van der Waals surface area contributed by atoms with Gasteiger partial charge in [0.2, 0.25) is 0 Å². The number of aryl methyl sites for hydroxylation is 2. The highest BCUT2D eigenvalue weighted by atomic mass is 79.9. The van der Waals surface area contributed by atoms with Crippen molar-refractivity contribution < 1.29 is 14.6 Å². The lowest BCUT2D eigenvalue weighted by Gasteiger charge is -2.11. The minimum atomic E-state index is -0.980. The molecule has 3 rings (SSSR count). The van der Waals surface area contributed by atoms with Gasteiger partial charge in [0.15, 0.2) is 0 Å². The Kier molecular flexibility index (Phi) is 3.97. The molecule has 1 aliphatic rings. The van der Waals surface area contributed by atoms with Crippen molar-refractivity contribution >= 4 is 21.9 Å². The summed E-state index contributed by atoms with van der Waals surface area (Å²) < 4.78 is 6.52. The maximum Gasteiger partial charge on any atom is 0.339 e. The van der Waals surface area contributed by atoms with Gasteiger partial charge in [0.05, 0.1) is 0 Å². The summed E-state index contributed by atoms with van der Waals surface area (Å²) in [6.45, 7) is 0.379. The normalized spacial score (nSPS) is 13.0. The number of halogens is 1. The van der Waals surface area contributed by atoms with Crippen LogP contribution in [0.5, 0.6) is 5.75 Å². The summed E-state index contributed by atoms with van der Waals surface area (Å²) in [5, 5.41) is 9.19. The smallest absolute Gasteiger partial charge is 0.339 e. The van der Waals surface area contributed by atoms with Crippen molar-refractivity contribution in [2.24, 2.45) is 0 Å². The summed E-state index contributed by atoms with van der Waals surface area (Å²) in [4.78, 5) is 11.2. The van der Waals surface area contributed by atoms with Crippen molar-refractivity contribution in [3.8, 4) is 5.75 Å². The van der Waals surface area contributed by atoms with E-state index in [9.17, 15) is 9.90 Å². The molecule has 0 radical (unpaired) electrons. The van der Waals surface area contributed by atoms with E-state index in [1.807, 2.05) is 0 Å². The quantitative estimate of drug-likeness (QED) is 0.901. The second kappa shape index (κ2) is 5.90. The lowest BCUT2D eigenvalue weighted by molar-refractivity contribution is 0.0691. The van der Waals surface area contributed by atoms with Gasteiger partial charge in [-0.3, -0.25) is 0 Å². The van der Waals surface area contributed by atoms with Gasteiger partial charge in [0, 0.05) is 4.47 Å². The maximum absolute atomic E-state index is 11.2. The Hall–Kier alpha value is -1.81. The molecular weight excluding hydrogens is 332 g/mol. The molecule has 0 bridgehead atoms. The fourth-order valence-electron chi connectivity index (χ4n) is 2.67. The van der Waals surface area contributed by atoms with Crippen LogP contribution >= 0.6 is 15.9 Å². The van der Waals surface area contributed by atoms with Gasteiger partial charge >= 0.3 is 5.97 Å². The number of hydrogen-bond acceptors (Lipinski definition) is 2. The van der Waals surface area contributed by atoms with Crippen molar-refractivity contribution in [2.45, 2.75) is 25.9 Å². The molecular formula is C17H15BrO3. The van der Waals surface area contributed by atoms with E-state index in [0.29, 0.717) is 12.4 Å². The standard InChI is InChI=1S/C17H15BrO3/c18-14-6-7-15(17(19)20)16(9-14)21-10-11-4-5-12-2-1-3-13(12)8-11/h4-9H,1-3,10H2,(H,19,20). The van der Waals surface area contributed by atoms with E-state index in [1.54, 1.807) is 18.2 Å². The molecule has 2 aromatic rings. The van der Waals surface area contributed by atoms with Crippen molar-refractivity contribution in [1.29, 1.82) is 0 Å². The SMILES string of the molecule is O=C(O)c1ccc(Br)cc1OCc1ccc2c(c1)CCC2. The lowest BCUT2D eigenvalue weighted by Crippen LogP contribution is -2.03. The lowest BCUT2D eigenvalue weighted by atomic mass is 10.1. The number of rotatable bonds is 4. The summed E-state index contributed by atoms with van der Waals surface area (Å²) >= 11 is 3.34. The molecule has 21 heavy (non-hydrogen) atoms. The molecule has 0 atom stereocenters. The Bertz CT molecular complexity index is 694. The Labute approximate surface area is 131 Å². The minimum Gasteiger partial charge on any atom is -0.488 e. The van der Waals surface area contributed by atoms with Crippen molar-refractivity contribution in [3.05, 3.63) is 63.1 Å². The number of carboxylic acids is 1. The van der Waals surface area contributed by atoms with Crippen molar-refractivity contribution in [3.63, 3.8) is 0 Å². The summed E-state index contributed by atoms with van der Waals surface area (Å²) in [6, 6.07) is 11.3. The molecule has 0 aromatic heterocycles. The highest BCUT2D eigenvalue weighted by molar-refractivity contribution is 9.10. The Morgan fingerprint density at radius 2 is 1.95 bits per heavy atom. The van der Waals surface area contributed by atoms with Gasteiger partial charge in [-0.25, -0.2) is 4.79 Å². The van der Waals surface area contributed by atoms with E-state index in [2.05, 4.69) is 34.1 Å². The Morgan fingerprint density at radius 1 is 1.14 bits per heavy atom. The van der Waals surface area contributed by atoms with Gasteiger partial charge in [-0.05, 0) is 54.2 Å². The fraction of sp³-hybridized carbons (Fsp3) is 0.235. The van der Waals surface area contributed by atoms with Crippen LogP contribution in [0.2, 0.25) is 0 Å². The third-order valence-corrected chi connectivity index (χ3v) is 4.22. The summed E-state index contributed by atoms with van der Waals surface area (Å²) in [7, 11) is 0. The van der Waals surface area contributed by atoms with Crippen LogP contribution in [0.15, 0.2) is 40.9 Å². The van der Waals surface area contributed by atoms with Gasteiger partial charge in [-0.15, -0.1) is 0 Å². The van der Waals surface area contributed by atoms with Gasteiger partial charge in [0.1, 0.15) is 17.9 Å². The zero-order chi connectivity index (χ0) is 14.8. The molecule has 0 aliphatic heterocycles. The summed E-state index contributed by atoms with van der Waals surface area (Å²) in [5.74, 6) is -0.594. The number of ether oxygens (including phenoxy) is 1. The first-order chi connectivity index (χ1) is 10.1. The number of carbonyl (C=O) groups is 1. The van der Waals surface area contributed by atoms with Crippen LogP contribution in [-0.2, 0) is 19.4 Å². The summed E-state index contributed by atoms with van der Waals surface area (Å²) in [5.41, 5.74) is 4.07. The van der Waals surface area contributed by atoms with E-state index < -0.39 is 5.97 Å². The number of carboxylic acid groups (broad SMARTS) is 1. The minimum absolute atomic E-state index is 0.180. The Morgan fingerprint density at radius 3 is 2.76 bits per heavy atom. The van der Waals surface area contributed by atoms with Crippen LogP contribution in [0.1, 0.15) is 33.5 Å². The van der Waals surface area contributed by atoms with Crippen molar-refractivity contribution in [1.82, 2.24) is 0 Å². The summed E-state index contributed by atoms with van der Waals surface area (Å²) in [6.07, 6.45) is 3.50. The highest BCUT2D eigenvalue weighted by Gasteiger charge is 2.13. The topological polar surface area (TPSA) is 46.5 Å². The predicted octanol–water partition coefficient (Wildman–Crippen LogP) is 4.22. The molecule has 0 saturated carbocycles. The van der Waals surface area contributed by atoms with Gasteiger partial charge in [0.25, 0.3) is 0 Å². The largest absolute Gasteiger partial charge is 0.488 e. The molecule has 108 valence electrons. The average Bonchev–Trinajstić information content (AvgIpc) is 2.92. The van der Waals surface area contributed by atoms with E-state index >= 15 is 0 Å². The van der Waals surface area contributed by atoms with Crippen molar-refractivity contribution in [2.75, 3.05) is 0 Å². The molecule has 0 heterocycles. The van der Waals surface area contributed by atoms with Gasteiger partial charge < -0.3 is 9.84 Å². The predicted molar refractivity (Wildman–Crippen MR) is 83.9 cm³/mol. The average molecular weight is 347 g/mol. The van der Waals surface area contributed by atoms with Gasteiger partial charge in [-0.2, -0.15) is 0 Å². The van der Waals surface area contributed by atoms with E-state index in [0.717, 1.165) is 22.9 Å². The monoisotopic (exact) mass is 346 g/mol. The van der Waals surface area contributed by atoms with E-state index in [4.69, 9.17) is 4.74 Å². The zero-order valence-corrected chi connectivity index (χ0v) is 13.0. The van der Waals surface area contributed by atoms with E-state index in [1.165, 1.54) is 17.5 Å². The maximum atomic E-state index is 11.2. The molecule has 0 saturated heterocycles. The van der Waals surface area contributed by atoms with E-state index in [-0.39, 0.29) is 5.56 Å². The van der Waals surface area contributed by atoms with Crippen LogP contribution in [-0.4, -0.2) is 11.1 Å². The fourth-order valence-corrected chi connectivity index (χ4v) is 3.01. The van der Waals surface area contributed by atoms with Crippen LogP contribution in [0, 0.1) is 0 Å². The number of aromatic carboxylic acids is 1. The second-order valence-electron chi connectivity index (χ2n) is 5.19. The van der Waals surface area contributed by atoms with Crippen LogP contribution in [0.25, 0.3) is 0 Å². The zero-order valence-electron chi connectivity index (χ0n) is 11.4. The van der Waals surface area contributed by atoms with Crippen LogP contribution < -0.4 is 4.74 Å².